The average molecular weight is 396 g/mol. The quantitative estimate of drug-likeness (QED) is 0.421. The van der Waals surface area contributed by atoms with Crippen LogP contribution < -0.4 is 9.47 Å². The number of para-hydroxylation sites is 1. The first kappa shape index (κ1) is 20.2. The Labute approximate surface area is 166 Å². The highest BCUT2D eigenvalue weighted by molar-refractivity contribution is 6.04. The largest absolute Gasteiger partial charge is 0.423 e. The molecular formula is C23H18F2O4. The zero-order valence-corrected chi connectivity index (χ0v) is 15.8. The summed E-state index contributed by atoms with van der Waals surface area (Å²) >= 11 is 0. The molecule has 29 heavy (non-hydrogen) atoms. The minimum atomic E-state index is -0.931. The van der Waals surface area contributed by atoms with E-state index >= 15 is 0 Å². The summed E-state index contributed by atoms with van der Waals surface area (Å²) in [5, 5.41) is 0. The molecule has 148 valence electrons. The van der Waals surface area contributed by atoms with Crippen molar-refractivity contribution in [2.75, 3.05) is 0 Å². The van der Waals surface area contributed by atoms with Crippen molar-refractivity contribution < 1.29 is 27.8 Å². The third-order valence-electron chi connectivity index (χ3n) is 4.16. The number of halogens is 2. The van der Waals surface area contributed by atoms with E-state index in [1.54, 1.807) is 24.3 Å². The maximum Gasteiger partial charge on any atom is 0.344 e. The van der Waals surface area contributed by atoms with Gasteiger partial charge in [0.15, 0.2) is 0 Å². The SMILES string of the molecule is CC(C)c1ccccc1OC(=O)c1ccccc1C(=O)Oc1cc(F)cc(F)c1. The molecule has 3 rings (SSSR count). The maximum absolute atomic E-state index is 13.3. The summed E-state index contributed by atoms with van der Waals surface area (Å²) in [6.45, 7) is 3.94. The lowest BCUT2D eigenvalue weighted by molar-refractivity contribution is 0.0690. The first-order chi connectivity index (χ1) is 13.8. The van der Waals surface area contributed by atoms with Crippen molar-refractivity contribution in [1.82, 2.24) is 0 Å². The molecule has 0 heterocycles. The molecule has 0 saturated carbocycles. The fraction of sp³-hybridized carbons (Fsp3) is 0.130. The predicted molar refractivity (Wildman–Crippen MR) is 103 cm³/mol. The van der Waals surface area contributed by atoms with E-state index in [0.717, 1.165) is 17.7 Å². The number of rotatable bonds is 5. The highest BCUT2D eigenvalue weighted by Gasteiger charge is 2.21. The van der Waals surface area contributed by atoms with Crippen LogP contribution in [0.1, 0.15) is 46.0 Å². The van der Waals surface area contributed by atoms with E-state index in [1.807, 2.05) is 26.0 Å². The van der Waals surface area contributed by atoms with E-state index in [1.165, 1.54) is 12.1 Å². The Hall–Kier alpha value is -3.54. The standard InChI is InChI=1S/C23H18F2O4/c1-14(2)18-7-5-6-10-21(18)29-23(27)20-9-4-3-8-19(20)22(26)28-17-12-15(24)11-16(25)13-17/h3-14H,1-2H3. The van der Waals surface area contributed by atoms with Crippen LogP contribution in [0.15, 0.2) is 66.7 Å². The third-order valence-corrected chi connectivity index (χ3v) is 4.16. The Morgan fingerprint density at radius 1 is 0.759 bits per heavy atom. The molecule has 0 atom stereocenters. The summed E-state index contributed by atoms with van der Waals surface area (Å²) in [6, 6.07) is 15.4. The molecule has 3 aromatic rings. The molecule has 0 radical (unpaired) electrons. The molecule has 0 bridgehead atoms. The second-order valence-corrected chi connectivity index (χ2v) is 6.62. The van der Waals surface area contributed by atoms with E-state index in [0.29, 0.717) is 11.8 Å². The van der Waals surface area contributed by atoms with Crippen LogP contribution in [0.25, 0.3) is 0 Å². The molecule has 4 nitrogen and oxygen atoms in total. The van der Waals surface area contributed by atoms with Crippen LogP contribution in [0.5, 0.6) is 11.5 Å². The normalized spacial score (nSPS) is 10.7. The van der Waals surface area contributed by atoms with Crippen LogP contribution in [0.3, 0.4) is 0 Å². The Balaban J connectivity index is 1.87. The minimum absolute atomic E-state index is 0.0204. The van der Waals surface area contributed by atoms with Gasteiger partial charge >= 0.3 is 11.9 Å². The van der Waals surface area contributed by atoms with Gasteiger partial charge in [-0.3, -0.25) is 0 Å². The number of carbonyl (C=O) groups is 2. The highest BCUT2D eigenvalue weighted by atomic mass is 19.1. The zero-order chi connectivity index (χ0) is 21.0. The van der Waals surface area contributed by atoms with Gasteiger partial charge in [-0.1, -0.05) is 44.2 Å². The predicted octanol–water partition coefficient (Wildman–Crippen LogP) is 5.53. The van der Waals surface area contributed by atoms with Gasteiger partial charge in [-0.25, -0.2) is 18.4 Å². The van der Waals surface area contributed by atoms with E-state index in [9.17, 15) is 18.4 Å². The fourth-order valence-corrected chi connectivity index (χ4v) is 2.79. The number of hydrogen-bond donors (Lipinski definition) is 0. The molecule has 0 spiro atoms. The zero-order valence-electron chi connectivity index (χ0n) is 15.8. The molecule has 3 aromatic carbocycles. The van der Waals surface area contributed by atoms with Gasteiger partial charge in [0.2, 0.25) is 0 Å². The summed E-state index contributed by atoms with van der Waals surface area (Å²) < 4.78 is 37.2. The van der Waals surface area contributed by atoms with Gasteiger partial charge in [0.1, 0.15) is 23.1 Å². The smallest absolute Gasteiger partial charge is 0.344 e. The van der Waals surface area contributed by atoms with Gasteiger partial charge in [0, 0.05) is 18.2 Å². The molecule has 0 unspecified atom stereocenters. The molecule has 0 saturated heterocycles. The monoisotopic (exact) mass is 396 g/mol. The minimum Gasteiger partial charge on any atom is -0.423 e. The molecule has 0 aliphatic carbocycles. The fourth-order valence-electron chi connectivity index (χ4n) is 2.79. The van der Waals surface area contributed by atoms with E-state index in [4.69, 9.17) is 9.47 Å². The Bertz CT molecular complexity index is 1040. The molecule has 0 N–H and O–H groups in total. The van der Waals surface area contributed by atoms with Crippen molar-refractivity contribution in [3.8, 4) is 11.5 Å². The summed E-state index contributed by atoms with van der Waals surface area (Å²) in [5.41, 5.74) is 0.744. The number of ether oxygens (including phenoxy) is 2. The number of hydrogen-bond acceptors (Lipinski definition) is 4. The third kappa shape index (κ3) is 4.85. The molecule has 0 aliphatic rings. The van der Waals surface area contributed by atoms with Gasteiger partial charge in [-0.05, 0) is 29.7 Å². The van der Waals surface area contributed by atoms with Crippen molar-refractivity contribution in [2.24, 2.45) is 0 Å². The molecule has 0 aromatic heterocycles. The van der Waals surface area contributed by atoms with Crippen LogP contribution in [-0.4, -0.2) is 11.9 Å². The van der Waals surface area contributed by atoms with Crippen molar-refractivity contribution in [3.63, 3.8) is 0 Å². The number of carbonyl (C=O) groups excluding carboxylic acids is 2. The molecule has 0 fully saturated rings. The van der Waals surface area contributed by atoms with Crippen LogP contribution in [0.4, 0.5) is 8.78 Å². The first-order valence-corrected chi connectivity index (χ1v) is 8.93. The van der Waals surface area contributed by atoms with Gasteiger partial charge in [0.05, 0.1) is 11.1 Å². The first-order valence-electron chi connectivity index (χ1n) is 8.93. The van der Waals surface area contributed by atoms with Crippen molar-refractivity contribution in [3.05, 3.63) is 95.1 Å². The molecule has 0 amide bonds. The van der Waals surface area contributed by atoms with Crippen molar-refractivity contribution in [2.45, 2.75) is 19.8 Å². The average Bonchev–Trinajstić information content (AvgIpc) is 2.67. The lowest BCUT2D eigenvalue weighted by Gasteiger charge is -2.14. The van der Waals surface area contributed by atoms with Crippen molar-refractivity contribution in [1.29, 1.82) is 0 Å². The summed E-state index contributed by atoms with van der Waals surface area (Å²) in [6.07, 6.45) is 0. The molecule has 6 heteroatoms. The second-order valence-electron chi connectivity index (χ2n) is 6.62. The number of benzene rings is 3. The van der Waals surface area contributed by atoms with E-state index in [2.05, 4.69) is 0 Å². The lowest BCUT2D eigenvalue weighted by atomic mass is 10.0. The van der Waals surface area contributed by atoms with Crippen LogP contribution >= 0.6 is 0 Å². The van der Waals surface area contributed by atoms with E-state index in [-0.39, 0.29) is 22.8 Å². The van der Waals surface area contributed by atoms with Crippen molar-refractivity contribution >= 4 is 11.9 Å². The van der Waals surface area contributed by atoms with Gasteiger partial charge < -0.3 is 9.47 Å². The molecule has 0 aliphatic heterocycles. The summed E-state index contributed by atoms with van der Waals surface area (Å²) in [7, 11) is 0. The lowest BCUT2D eigenvalue weighted by Crippen LogP contribution is -2.18. The summed E-state index contributed by atoms with van der Waals surface area (Å²) in [5.74, 6) is -3.22. The van der Waals surface area contributed by atoms with Crippen LogP contribution in [-0.2, 0) is 0 Å². The molecular weight excluding hydrogens is 378 g/mol. The highest BCUT2D eigenvalue weighted by Crippen LogP contribution is 2.27. The second kappa shape index (κ2) is 8.65. The van der Waals surface area contributed by atoms with Crippen LogP contribution in [0, 0.1) is 11.6 Å². The van der Waals surface area contributed by atoms with Gasteiger partial charge in [-0.15, -0.1) is 0 Å². The maximum atomic E-state index is 13.3. The Morgan fingerprint density at radius 2 is 1.28 bits per heavy atom. The topological polar surface area (TPSA) is 52.6 Å². The van der Waals surface area contributed by atoms with Gasteiger partial charge in [0.25, 0.3) is 0 Å². The van der Waals surface area contributed by atoms with Gasteiger partial charge in [-0.2, -0.15) is 0 Å². The van der Waals surface area contributed by atoms with E-state index < -0.39 is 23.6 Å². The summed E-state index contributed by atoms with van der Waals surface area (Å²) in [4.78, 5) is 25.2. The Kier molecular flexibility index (Phi) is 6.02. The number of esters is 2. The van der Waals surface area contributed by atoms with Crippen LogP contribution in [0.2, 0.25) is 0 Å². The Morgan fingerprint density at radius 3 is 1.86 bits per heavy atom.